The SMILES string of the molecule is CCCCCCC(C/C=C\CCCCCCCC(=O)OCC(COC(=O)CCCCCCC/C=C\CC(CCCCCC)OS(=O)(=O)O)OC(=O)CCCCCCC/C=C\CC(CCCCCC)OS(=O)(=O)O)OS(=O)(=O)O. The molecule has 3 atom stereocenters. The van der Waals surface area contributed by atoms with Crippen molar-refractivity contribution < 1.29 is 80.1 Å². The highest BCUT2D eigenvalue weighted by Gasteiger charge is 2.21. The molecule has 0 saturated carbocycles. The molecule has 0 aromatic rings. The predicted octanol–water partition coefficient (Wildman–Crippen LogP) is 14.5. The summed E-state index contributed by atoms with van der Waals surface area (Å²) in [5.41, 5.74) is 0. The minimum Gasteiger partial charge on any atom is -0.462 e. The van der Waals surface area contributed by atoms with Crippen molar-refractivity contribution in [2.24, 2.45) is 0 Å². The van der Waals surface area contributed by atoms with E-state index in [1.165, 1.54) is 0 Å². The second-order valence-corrected chi connectivity index (χ2v) is 23.6. The fourth-order valence-electron chi connectivity index (χ4n) is 8.69. The van der Waals surface area contributed by atoms with Crippen LogP contribution in [0.2, 0.25) is 0 Å². The van der Waals surface area contributed by atoms with E-state index in [-0.39, 0.29) is 32.5 Å². The van der Waals surface area contributed by atoms with Crippen molar-refractivity contribution in [3.05, 3.63) is 36.5 Å². The molecule has 21 heteroatoms. The van der Waals surface area contributed by atoms with Crippen LogP contribution >= 0.6 is 0 Å². The largest absolute Gasteiger partial charge is 0.462 e. The van der Waals surface area contributed by atoms with Gasteiger partial charge in [-0.05, 0) is 96.3 Å². The number of rotatable bonds is 56. The first kappa shape index (κ1) is 75.2. The molecule has 0 aromatic heterocycles. The van der Waals surface area contributed by atoms with E-state index in [4.69, 9.17) is 40.4 Å². The van der Waals surface area contributed by atoms with Gasteiger partial charge in [-0.25, -0.2) is 12.5 Å². The van der Waals surface area contributed by atoms with Crippen molar-refractivity contribution in [2.45, 2.75) is 296 Å². The van der Waals surface area contributed by atoms with Gasteiger partial charge in [-0.15, -0.1) is 0 Å². The van der Waals surface area contributed by atoms with Crippen molar-refractivity contribution in [3.63, 3.8) is 0 Å². The van der Waals surface area contributed by atoms with Crippen molar-refractivity contribution in [2.75, 3.05) is 13.2 Å². The molecule has 0 aromatic carbocycles. The Bertz CT molecular complexity index is 1830. The van der Waals surface area contributed by atoms with E-state index in [0.29, 0.717) is 57.8 Å². The lowest BCUT2D eigenvalue weighted by molar-refractivity contribution is -0.167. The molecule has 18 nitrogen and oxygen atoms in total. The van der Waals surface area contributed by atoms with Gasteiger partial charge in [0.05, 0.1) is 18.3 Å². The van der Waals surface area contributed by atoms with Crippen LogP contribution < -0.4 is 0 Å². The van der Waals surface area contributed by atoms with Crippen LogP contribution in [0, 0.1) is 0 Å². The molecule has 0 aliphatic rings. The summed E-state index contributed by atoms with van der Waals surface area (Å²) in [5, 5.41) is 0. The third-order valence-corrected chi connectivity index (χ3v) is 14.6. The molecular weight excluding hydrogens is 1070 g/mol. The van der Waals surface area contributed by atoms with Crippen LogP contribution in [-0.4, -0.2) is 94.4 Å². The number of allylic oxidation sites excluding steroid dienone is 3. The summed E-state index contributed by atoms with van der Waals surface area (Å²) in [4.78, 5) is 38.4. The minimum atomic E-state index is -4.52. The summed E-state index contributed by atoms with van der Waals surface area (Å²) < 4.78 is 126. The van der Waals surface area contributed by atoms with E-state index < -0.39 is 73.5 Å². The van der Waals surface area contributed by atoms with E-state index in [9.17, 15) is 39.6 Å². The zero-order valence-electron chi connectivity index (χ0n) is 48.0. The second kappa shape index (κ2) is 50.0. The molecule has 0 amide bonds. The van der Waals surface area contributed by atoms with Gasteiger partial charge in [-0.3, -0.25) is 28.0 Å². The molecule has 0 heterocycles. The fraction of sp³-hybridized carbons (Fsp3) is 0.842. The summed E-state index contributed by atoms with van der Waals surface area (Å²) in [6.45, 7) is 5.81. The molecule has 0 bridgehead atoms. The van der Waals surface area contributed by atoms with Gasteiger partial charge in [0, 0.05) is 19.3 Å². The van der Waals surface area contributed by atoms with Gasteiger partial charge >= 0.3 is 49.1 Å². The average Bonchev–Trinajstić information content (AvgIpc) is 3.36. The van der Waals surface area contributed by atoms with Crippen LogP contribution in [-0.2, 0) is 72.3 Å². The first-order valence-electron chi connectivity index (χ1n) is 29.7. The molecule has 0 spiro atoms. The maximum absolute atomic E-state index is 12.9. The number of ether oxygens (including phenoxy) is 3. The lowest BCUT2D eigenvalue weighted by Gasteiger charge is -2.18. The van der Waals surface area contributed by atoms with Gasteiger partial charge in [-0.1, -0.05) is 192 Å². The van der Waals surface area contributed by atoms with Crippen molar-refractivity contribution in [1.29, 1.82) is 0 Å². The maximum atomic E-state index is 12.9. The highest BCUT2D eigenvalue weighted by atomic mass is 32.3. The Morgan fingerprint density at radius 2 is 0.615 bits per heavy atom. The molecule has 0 fully saturated rings. The molecule has 3 N–H and O–H groups in total. The Kier molecular flexibility index (Phi) is 48.2. The number of carbonyl (C=O) groups excluding carboxylic acids is 3. The predicted molar refractivity (Wildman–Crippen MR) is 306 cm³/mol. The van der Waals surface area contributed by atoms with Crippen LogP contribution in [0.4, 0.5) is 0 Å². The molecule has 0 aliphatic heterocycles. The quantitative estimate of drug-likeness (QED) is 0.0168. The molecule has 0 rings (SSSR count). The van der Waals surface area contributed by atoms with Gasteiger partial charge in [0.25, 0.3) is 0 Å². The highest BCUT2D eigenvalue weighted by molar-refractivity contribution is 7.81. The van der Waals surface area contributed by atoms with E-state index in [1.807, 2.05) is 36.5 Å². The number of carbonyl (C=O) groups is 3. The van der Waals surface area contributed by atoms with E-state index in [1.54, 1.807) is 0 Å². The van der Waals surface area contributed by atoms with Gasteiger partial charge in [0.1, 0.15) is 13.2 Å². The number of hydrogen-bond acceptors (Lipinski definition) is 15. The average molecular weight is 1170 g/mol. The summed E-state index contributed by atoms with van der Waals surface area (Å²) in [7, 11) is -13.6. The summed E-state index contributed by atoms with van der Waals surface area (Å²) in [5.74, 6) is -1.35. The van der Waals surface area contributed by atoms with Crippen LogP contribution in [0.5, 0.6) is 0 Å². The van der Waals surface area contributed by atoms with Crippen molar-refractivity contribution >= 4 is 49.1 Å². The molecule has 458 valence electrons. The number of unbranched alkanes of at least 4 members (excludes halogenated alkanes) is 24. The smallest absolute Gasteiger partial charge is 0.397 e. The third kappa shape index (κ3) is 55.2. The summed E-state index contributed by atoms with van der Waals surface area (Å²) in [6.07, 6.45) is 39.1. The van der Waals surface area contributed by atoms with Crippen LogP contribution in [0.1, 0.15) is 271 Å². The second-order valence-electron chi connectivity index (χ2n) is 20.5. The first-order valence-corrected chi connectivity index (χ1v) is 33.8. The first-order chi connectivity index (χ1) is 37.3. The monoisotopic (exact) mass is 1170 g/mol. The minimum absolute atomic E-state index is 0.154. The van der Waals surface area contributed by atoms with E-state index in [2.05, 4.69) is 20.8 Å². The lowest BCUT2D eigenvalue weighted by Crippen LogP contribution is -2.30. The Morgan fingerprint density at radius 3 is 0.910 bits per heavy atom. The highest BCUT2D eigenvalue weighted by Crippen LogP contribution is 2.19. The van der Waals surface area contributed by atoms with Gasteiger partial charge in [0.2, 0.25) is 0 Å². The van der Waals surface area contributed by atoms with Crippen LogP contribution in [0.15, 0.2) is 36.5 Å². The third-order valence-electron chi connectivity index (χ3n) is 13.0. The topological polar surface area (TPSA) is 270 Å². The van der Waals surface area contributed by atoms with Crippen LogP contribution in [0.25, 0.3) is 0 Å². The van der Waals surface area contributed by atoms with Crippen LogP contribution in [0.3, 0.4) is 0 Å². The van der Waals surface area contributed by atoms with Crippen molar-refractivity contribution in [3.8, 4) is 0 Å². The molecule has 0 aliphatic carbocycles. The normalized spacial score (nSPS) is 14.1. The Morgan fingerprint density at radius 1 is 0.346 bits per heavy atom. The van der Waals surface area contributed by atoms with Gasteiger partial charge < -0.3 is 14.2 Å². The molecule has 0 radical (unpaired) electrons. The summed E-state index contributed by atoms with van der Waals surface area (Å²) >= 11 is 0. The van der Waals surface area contributed by atoms with E-state index >= 15 is 0 Å². The molecule has 78 heavy (non-hydrogen) atoms. The number of esters is 3. The van der Waals surface area contributed by atoms with Gasteiger partial charge in [0.15, 0.2) is 6.10 Å². The Hall–Kier alpha value is -2.76. The summed E-state index contributed by atoms with van der Waals surface area (Å²) in [6, 6.07) is 0. The maximum Gasteiger partial charge on any atom is 0.397 e. The zero-order valence-corrected chi connectivity index (χ0v) is 50.4. The zero-order chi connectivity index (χ0) is 58.0. The molecule has 0 saturated heterocycles. The fourth-order valence-corrected chi connectivity index (χ4v) is 10.2. The van der Waals surface area contributed by atoms with Gasteiger partial charge in [-0.2, -0.15) is 25.3 Å². The standard InChI is InChI=1S/C57H104O18S3/c1-4-7-10-31-40-51(73-76(61,62)63)43-34-25-19-13-16-22-28-37-46-55(58)70-49-54(72-57(60)48-39-30-24-18-15-21-27-36-45-53(75-78(67,68)69)42-33-12-9-6-3)50-71-56(59)47-38-29-23-17-14-20-26-35-44-52(74-77(64,65)66)41-32-11-8-5-2/h25-27,34-36,51-54H,4-24,28-33,37-50H2,1-3H3,(H,61,62,63)(H,64,65,66)(H,67,68,69)/b34-25-,35-26-,36-27-. The molecular formula is C57H104O18S3. The Labute approximate surface area is 472 Å². The van der Waals surface area contributed by atoms with E-state index in [0.717, 1.165) is 173 Å². The lowest BCUT2D eigenvalue weighted by atomic mass is 10.1. The number of hydrogen-bond donors (Lipinski definition) is 3. The van der Waals surface area contributed by atoms with Crippen molar-refractivity contribution in [1.82, 2.24) is 0 Å². The molecule has 3 unspecified atom stereocenters. The Balaban J connectivity index is 4.89.